The molecule has 0 aliphatic carbocycles. The van der Waals surface area contributed by atoms with E-state index in [0.29, 0.717) is 42.4 Å². The molecule has 0 saturated heterocycles. The van der Waals surface area contributed by atoms with E-state index in [4.69, 9.17) is 19.9 Å². The standard InChI is InChI=1S/C25H29NO7/c26-3-1-2-4-31-14-19-9-24(32-15-17-5-20(27)11-21(28)6-17)13-25(10-19)33-16-18-7-22(29)12-23(30)8-18/h5-13,27-30H,1-4,14-16,26H2. The molecular formula is C25H29NO7. The minimum atomic E-state index is -0.0494. The molecule has 176 valence electrons. The van der Waals surface area contributed by atoms with Crippen molar-refractivity contribution in [1.82, 2.24) is 0 Å². The van der Waals surface area contributed by atoms with Gasteiger partial charge in [0.2, 0.25) is 0 Å². The number of hydrogen-bond donors (Lipinski definition) is 5. The van der Waals surface area contributed by atoms with Crippen LogP contribution >= 0.6 is 0 Å². The fourth-order valence-corrected chi connectivity index (χ4v) is 3.23. The molecule has 0 unspecified atom stereocenters. The first kappa shape index (κ1) is 24.0. The highest BCUT2D eigenvalue weighted by molar-refractivity contribution is 5.41. The van der Waals surface area contributed by atoms with Crippen molar-refractivity contribution in [2.75, 3.05) is 13.2 Å². The van der Waals surface area contributed by atoms with Crippen LogP contribution in [0.4, 0.5) is 0 Å². The summed E-state index contributed by atoms with van der Waals surface area (Å²) < 4.78 is 17.4. The predicted molar refractivity (Wildman–Crippen MR) is 123 cm³/mol. The van der Waals surface area contributed by atoms with Gasteiger partial charge in [-0.1, -0.05) is 0 Å². The number of phenolic OH excluding ortho intramolecular Hbond substituents is 4. The first-order valence-corrected chi connectivity index (χ1v) is 10.6. The zero-order valence-corrected chi connectivity index (χ0v) is 18.2. The van der Waals surface area contributed by atoms with E-state index >= 15 is 0 Å². The molecule has 6 N–H and O–H groups in total. The zero-order chi connectivity index (χ0) is 23.6. The molecule has 3 aromatic rings. The van der Waals surface area contributed by atoms with Crippen molar-refractivity contribution in [1.29, 1.82) is 0 Å². The van der Waals surface area contributed by atoms with Crippen LogP contribution in [0, 0.1) is 0 Å². The van der Waals surface area contributed by atoms with Crippen LogP contribution in [-0.2, 0) is 24.6 Å². The quantitative estimate of drug-likeness (QED) is 0.259. The third-order valence-electron chi connectivity index (χ3n) is 4.69. The van der Waals surface area contributed by atoms with Gasteiger partial charge in [0.25, 0.3) is 0 Å². The molecule has 0 aromatic heterocycles. The largest absolute Gasteiger partial charge is 0.508 e. The van der Waals surface area contributed by atoms with Crippen LogP contribution in [-0.4, -0.2) is 33.6 Å². The van der Waals surface area contributed by atoms with Gasteiger partial charge in [-0.3, -0.25) is 0 Å². The third kappa shape index (κ3) is 8.10. The molecular weight excluding hydrogens is 426 g/mol. The van der Waals surface area contributed by atoms with Gasteiger partial charge in [0.15, 0.2) is 0 Å². The van der Waals surface area contributed by atoms with Crippen LogP contribution in [0.2, 0.25) is 0 Å². The summed E-state index contributed by atoms with van der Waals surface area (Å²) in [5, 5.41) is 38.6. The van der Waals surface area contributed by atoms with Gasteiger partial charge in [-0.05, 0) is 72.5 Å². The SMILES string of the molecule is NCCCCOCc1cc(OCc2cc(O)cc(O)c2)cc(OCc2cc(O)cc(O)c2)c1. The Morgan fingerprint density at radius 1 is 0.545 bits per heavy atom. The van der Waals surface area contributed by atoms with Gasteiger partial charge in [-0.2, -0.15) is 0 Å². The van der Waals surface area contributed by atoms with Gasteiger partial charge in [0, 0.05) is 24.8 Å². The summed E-state index contributed by atoms with van der Waals surface area (Å²) in [4.78, 5) is 0. The lowest BCUT2D eigenvalue weighted by molar-refractivity contribution is 0.117. The number of hydrogen-bond acceptors (Lipinski definition) is 8. The van der Waals surface area contributed by atoms with Crippen molar-refractivity contribution in [2.45, 2.75) is 32.7 Å². The molecule has 0 heterocycles. The molecule has 3 rings (SSSR count). The van der Waals surface area contributed by atoms with Crippen molar-refractivity contribution >= 4 is 0 Å². The van der Waals surface area contributed by atoms with E-state index in [1.54, 1.807) is 6.07 Å². The van der Waals surface area contributed by atoms with Gasteiger partial charge in [-0.25, -0.2) is 0 Å². The molecule has 33 heavy (non-hydrogen) atoms. The Morgan fingerprint density at radius 2 is 1.00 bits per heavy atom. The number of aromatic hydroxyl groups is 4. The molecule has 0 amide bonds. The summed E-state index contributed by atoms with van der Waals surface area (Å²) in [6, 6.07) is 13.9. The molecule has 0 aliphatic heterocycles. The molecule has 8 nitrogen and oxygen atoms in total. The molecule has 0 fully saturated rings. The average molecular weight is 456 g/mol. The Balaban J connectivity index is 1.71. The monoisotopic (exact) mass is 455 g/mol. The zero-order valence-electron chi connectivity index (χ0n) is 18.2. The summed E-state index contributed by atoms with van der Waals surface area (Å²) in [6.07, 6.45) is 1.77. The molecule has 0 bridgehead atoms. The van der Waals surface area contributed by atoms with E-state index < -0.39 is 0 Å². The summed E-state index contributed by atoms with van der Waals surface area (Å²) in [6.45, 7) is 1.83. The van der Waals surface area contributed by atoms with Crippen molar-refractivity contribution in [3.63, 3.8) is 0 Å². The lowest BCUT2D eigenvalue weighted by Crippen LogP contribution is -2.03. The normalized spacial score (nSPS) is 10.8. The molecule has 8 heteroatoms. The first-order valence-electron chi connectivity index (χ1n) is 10.6. The number of benzene rings is 3. The number of unbranched alkanes of at least 4 members (excludes halogenated alkanes) is 1. The second-order valence-corrected chi connectivity index (χ2v) is 7.65. The summed E-state index contributed by atoms with van der Waals surface area (Å²) in [7, 11) is 0. The Morgan fingerprint density at radius 3 is 1.45 bits per heavy atom. The molecule has 0 atom stereocenters. The second kappa shape index (κ2) is 11.8. The topological polar surface area (TPSA) is 135 Å². The maximum atomic E-state index is 9.66. The maximum absolute atomic E-state index is 9.66. The average Bonchev–Trinajstić information content (AvgIpc) is 2.75. The maximum Gasteiger partial charge on any atom is 0.123 e. The van der Waals surface area contributed by atoms with Gasteiger partial charge in [-0.15, -0.1) is 0 Å². The second-order valence-electron chi connectivity index (χ2n) is 7.65. The van der Waals surface area contributed by atoms with Gasteiger partial charge in [0.1, 0.15) is 47.7 Å². The van der Waals surface area contributed by atoms with E-state index in [0.717, 1.165) is 18.4 Å². The van der Waals surface area contributed by atoms with Crippen LogP contribution in [0.5, 0.6) is 34.5 Å². The van der Waals surface area contributed by atoms with E-state index in [-0.39, 0.29) is 36.2 Å². The Labute approximate surface area is 192 Å². The first-order chi connectivity index (χ1) is 15.9. The molecule has 0 saturated carbocycles. The predicted octanol–water partition coefficient (Wildman–Crippen LogP) is 3.92. The van der Waals surface area contributed by atoms with E-state index in [2.05, 4.69) is 0 Å². The molecule has 0 radical (unpaired) electrons. The number of ether oxygens (including phenoxy) is 3. The van der Waals surface area contributed by atoms with Crippen LogP contribution in [0.1, 0.15) is 29.5 Å². The molecule has 0 aliphatic rings. The summed E-state index contributed by atoms with van der Waals surface area (Å²) in [5.74, 6) is 0.848. The van der Waals surface area contributed by atoms with Crippen LogP contribution in [0.3, 0.4) is 0 Å². The minimum absolute atomic E-state index is 0.0494. The number of nitrogens with two attached hydrogens (primary N) is 1. The fourth-order valence-electron chi connectivity index (χ4n) is 3.23. The minimum Gasteiger partial charge on any atom is -0.508 e. The lowest BCUT2D eigenvalue weighted by Gasteiger charge is -2.14. The van der Waals surface area contributed by atoms with Gasteiger partial charge >= 0.3 is 0 Å². The lowest BCUT2D eigenvalue weighted by atomic mass is 10.2. The van der Waals surface area contributed by atoms with Crippen LogP contribution in [0.25, 0.3) is 0 Å². The smallest absolute Gasteiger partial charge is 0.123 e. The number of rotatable bonds is 12. The van der Waals surface area contributed by atoms with Gasteiger partial charge < -0.3 is 40.4 Å². The highest BCUT2D eigenvalue weighted by Gasteiger charge is 2.08. The van der Waals surface area contributed by atoms with E-state index in [1.807, 2.05) is 12.1 Å². The Hall–Kier alpha value is -3.62. The third-order valence-corrected chi connectivity index (χ3v) is 4.69. The van der Waals surface area contributed by atoms with Crippen LogP contribution < -0.4 is 15.2 Å². The van der Waals surface area contributed by atoms with Crippen molar-refractivity contribution in [3.8, 4) is 34.5 Å². The highest BCUT2D eigenvalue weighted by atomic mass is 16.5. The van der Waals surface area contributed by atoms with Crippen molar-refractivity contribution in [2.24, 2.45) is 5.73 Å². The fraction of sp³-hybridized carbons (Fsp3) is 0.280. The molecule has 3 aromatic carbocycles. The van der Waals surface area contributed by atoms with E-state index in [1.165, 1.54) is 36.4 Å². The van der Waals surface area contributed by atoms with Gasteiger partial charge in [0.05, 0.1) is 6.61 Å². The Kier molecular flexibility index (Phi) is 8.63. The Bertz CT molecular complexity index is 941. The summed E-state index contributed by atoms with van der Waals surface area (Å²) in [5.41, 5.74) is 7.56. The van der Waals surface area contributed by atoms with Crippen molar-refractivity contribution in [3.05, 3.63) is 71.3 Å². The summed E-state index contributed by atoms with van der Waals surface area (Å²) >= 11 is 0. The molecule has 0 spiro atoms. The number of phenols is 4. The highest BCUT2D eigenvalue weighted by Crippen LogP contribution is 2.28. The van der Waals surface area contributed by atoms with Crippen LogP contribution in [0.15, 0.2) is 54.6 Å². The van der Waals surface area contributed by atoms with E-state index in [9.17, 15) is 20.4 Å². The van der Waals surface area contributed by atoms with Crippen molar-refractivity contribution < 1.29 is 34.6 Å².